The molecule has 0 spiro atoms. The van der Waals surface area contributed by atoms with Gasteiger partial charge in [0, 0.05) is 16.8 Å². The highest BCUT2D eigenvalue weighted by atomic mass is 32.2. The fourth-order valence-corrected chi connectivity index (χ4v) is 3.87. The second-order valence-corrected chi connectivity index (χ2v) is 7.91. The number of rotatable bonds is 5. The fourth-order valence-electron chi connectivity index (χ4n) is 2.81. The lowest BCUT2D eigenvalue weighted by molar-refractivity contribution is 0.101. The molecule has 0 aliphatic rings. The first-order valence-electron chi connectivity index (χ1n) is 8.47. The summed E-state index contributed by atoms with van der Waals surface area (Å²) in [5.74, 6) is -0.0960. The first-order chi connectivity index (χ1) is 13.8. The van der Waals surface area contributed by atoms with E-state index in [2.05, 4.69) is 19.8 Å². The lowest BCUT2D eigenvalue weighted by Gasteiger charge is -2.09. The molecule has 4 rings (SSSR count). The smallest absolute Gasteiger partial charge is 0.318 e. The Hall–Kier alpha value is -3.79. The number of carbonyl (C=O) groups is 1. The standard InChI is InChI=1S/C19H15N5O4S/c1-12(25)13-2-6-15(7-3-13)23-29(27,28)16-8-4-14(5-9-16)17-10-22-24-18(17)20-11-21-19(24)26/h2-11,23H,1H3,(H,20,21,26). The monoisotopic (exact) mass is 409 g/mol. The second kappa shape index (κ2) is 6.99. The number of ketones is 1. The van der Waals surface area contributed by atoms with E-state index in [9.17, 15) is 18.3 Å². The number of carbonyl (C=O) groups excluding carboxylic acids is 1. The SMILES string of the molecule is CC(=O)c1ccc(NS(=O)(=O)c2ccc(-c3cnn4c(O)ncnc34)cc2)cc1. The summed E-state index contributed by atoms with van der Waals surface area (Å²) in [6, 6.07) is 12.1. The number of hydrogen-bond donors (Lipinski definition) is 2. The van der Waals surface area contributed by atoms with E-state index < -0.39 is 10.0 Å². The zero-order chi connectivity index (χ0) is 20.6. The van der Waals surface area contributed by atoms with Crippen LogP contribution < -0.4 is 4.72 Å². The minimum absolute atomic E-state index is 0.0749. The molecule has 2 aromatic heterocycles. The van der Waals surface area contributed by atoms with Gasteiger partial charge in [0.25, 0.3) is 10.0 Å². The van der Waals surface area contributed by atoms with Crippen molar-refractivity contribution < 1.29 is 18.3 Å². The summed E-state index contributed by atoms with van der Waals surface area (Å²) in [5.41, 5.74) is 2.56. The molecule has 2 heterocycles. The third kappa shape index (κ3) is 3.52. The van der Waals surface area contributed by atoms with E-state index in [1.165, 1.54) is 48.2 Å². The van der Waals surface area contributed by atoms with Crippen molar-refractivity contribution in [2.75, 3.05) is 4.72 Å². The number of fused-ring (bicyclic) bond motifs is 1. The number of Topliss-reactive ketones (excluding diaryl/α,β-unsaturated/α-hetero) is 1. The Morgan fingerprint density at radius 1 is 1.03 bits per heavy atom. The predicted molar refractivity (Wildman–Crippen MR) is 105 cm³/mol. The molecular weight excluding hydrogens is 394 g/mol. The van der Waals surface area contributed by atoms with E-state index in [1.807, 2.05) is 0 Å². The molecule has 29 heavy (non-hydrogen) atoms. The zero-order valence-electron chi connectivity index (χ0n) is 15.1. The topological polar surface area (TPSA) is 127 Å². The van der Waals surface area contributed by atoms with Crippen LogP contribution in [0.2, 0.25) is 0 Å². The number of aromatic hydroxyl groups is 1. The maximum absolute atomic E-state index is 12.6. The Kier molecular flexibility index (Phi) is 4.47. The van der Waals surface area contributed by atoms with Crippen molar-refractivity contribution in [1.29, 1.82) is 0 Å². The lowest BCUT2D eigenvalue weighted by atomic mass is 10.1. The lowest BCUT2D eigenvalue weighted by Crippen LogP contribution is -2.12. The van der Waals surface area contributed by atoms with Crippen molar-refractivity contribution in [1.82, 2.24) is 19.6 Å². The van der Waals surface area contributed by atoms with Crippen LogP contribution in [0.25, 0.3) is 16.8 Å². The van der Waals surface area contributed by atoms with E-state index in [0.29, 0.717) is 28.0 Å². The highest BCUT2D eigenvalue weighted by Gasteiger charge is 2.16. The van der Waals surface area contributed by atoms with Crippen LogP contribution in [-0.2, 0) is 10.0 Å². The molecule has 0 radical (unpaired) electrons. The molecular formula is C19H15N5O4S. The Balaban J connectivity index is 1.61. The fraction of sp³-hybridized carbons (Fsp3) is 0.0526. The number of anilines is 1. The number of nitrogens with one attached hydrogen (secondary N) is 1. The summed E-state index contributed by atoms with van der Waals surface area (Å²) in [5, 5.41) is 13.7. The van der Waals surface area contributed by atoms with Gasteiger partial charge in [0.05, 0.1) is 11.1 Å². The number of nitrogens with zero attached hydrogens (tertiary/aromatic N) is 4. The second-order valence-electron chi connectivity index (χ2n) is 6.23. The minimum atomic E-state index is -3.80. The van der Waals surface area contributed by atoms with E-state index >= 15 is 0 Å². The van der Waals surface area contributed by atoms with Crippen molar-refractivity contribution in [3.8, 4) is 17.1 Å². The Labute approximate surface area is 165 Å². The van der Waals surface area contributed by atoms with E-state index in [0.717, 1.165) is 0 Å². The zero-order valence-corrected chi connectivity index (χ0v) is 16.0. The van der Waals surface area contributed by atoms with Crippen LogP contribution in [0.5, 0.6) is 6.01 Å². The van der Waals surface area contributed by atoms with E-state index in [4.69, 9.17) is 0 Å². The molecule has 0 aliphatic carbocycles. The van der Waals surface area contributed by atoms with Crippen LogP contribution in [0.1, 0.15) is 17.3 Å². The maximum Gasteiger partial charge on any atom is 0.318 e. The molecule has 0 saturated heterocycles. The minimum Gasteiger partial charge on any atom is -0.479 e. The first-order valence-corrected chi connectivity index (χ1v) is 9.95. The van der Waals surface area contributed by atoms with Crippen molar-refractivity contribution in [3.63, 3.8) is 0 Å². The van der Waals surface area contributed by atoms with Gasteiger partial charge in [0.2, 0.25) is 0 Å². The molecule has 0 bridgehead atoms. The van der Waals surface area contributed by atoms with Crippen LogP contribution >= 0.6 is 0 Å². The molecule has 2 N–H and O–H groups in total. The van der Waals surface area contributed by atoms with Crippen LogP contribution in [0, 0.1) is 0 Å². The number of aromatic nitrogens is 4. The van der Waals surface area contributed by atoms with Gasteiger partial charge in [0.1, 0.15) is 6.33 Å². The molecule has 4 aromatic rings. The molecule has 0 saturated carbocycles. The molecule has 9 nitrogen and oxygen atoms in total. The van der Waals surface area contributed by atoms with E-state index in [-0.39, 0.29) is 16.7 Å². The number of sulfonamides is 1. The summed E-state index contributed by atoms with van der Waals surface area (Å²) in [6.07, 6.45) is 2.73. The summed E-state index contributed by atoms with van der Waals surface area (Å²) >= 11 is 0. The molecule has 0 amide bonds. The van der Waals surface area contributed by atoms with Gasteiger partial charge in [-0.25, -0.2) is 13.4 Å². The molecule has 0 fully saturated rings. The Morgan fingerprint density at radius 3 is 2.38 bits per heavy atom. The van der Waals surface area contributed by atoms with Gasteiger partial charge >= 0.3 is 6.01 Å². The van der Waals surface area contributed by atoms with Crippen molar-refractivity contribution in [2.45, 2.75) is 11.8 Å². The quantitative estimate of drug-likeness (QED) is 0.485. The van der Waals surface area contributed by atoms with Gasteiger partial charge in [0.15, 0.2) is 11.4 Å². The third-order valence-electron chi connectivity index (χ3n) is 4.31. The average Bonchev–Trinajstić information content (AvgIpc) is 3.14. The number of hydrogen-bond acceptors (Lipinski definition) is 7. The van der Waals surface area contributed by atoms with Crippen LogP contribution in [0.3, 0.4) is 0 Å². The normalized spacial score (nSPS) is 11.5. The highest BCUT2D eigenvalue weighted by molar-refractivity contribution is 7.92. The molecule has 10 heteroatoms. The van der Waals surface area contributed by atoms with Crippen LogP contribution in [0.4, 0.5) is 5.69 Å². The first kappa shape index (κ1) is 18.6. The van der Waals surface area contributed by atoms with Gasteiger partial charge in [-0.2, -0.15) is 14.6 Å². The molecule has 0 aliphatic heterocycles. The molecule has 146 valence electrons. The van der Waals surface area contributed by atoms with Gasteiger partial charge in [-0.3, -0.25) is 9.52 Å². The van der Waals surface area contributed by atoms with Crippen molar-refractivity contribution in [3.05, 3.63) is 66.6 Å². The Bertz CT molecular complexity index is 1310. The Morgan fingerprint density at radius 2 is 1.72 bits per heavy atom. The average molecular weight is 409 g/mol. The van der Waals surface area contributed by atoms with Crippen LogP contribution in [-0.4, -0.2) is 38.9 Å². The predicted octanol–water partition coefficient (Wildman–Crippen LogP) is 2.50. The summed E-state index contributed by atoms with van der Waals surface area (Å²) in [4.78, 5) is 19.2. The van der Waals surface area contributed by atoms with Gasteiger partial charge in [-0.05, 0) is 48.9 Å². The van der Waals surface area contributed by atoms with Crippen molar-refractivity contribution in [2.24, 2.45) is 0 Å². The number of benzene rings is 2. The van der Waals surface area contributed by atoms with Crippen molar-refractivity contribution >= 4 is 27.1 Å². The maximum atomic E-state index is 12.6. The summed E-state index contributed by atoms with van der Waals surface area (Å²) < 4.78 is 28.9. The molecule has 2 aromatic carbocycles. The largest absolute Gasteiger partial charge is 0.479 e. The van der Waals surface area contributed by atoms with Gasteiger partial charge in [-0.15, -0.1) is 0 Å². The molecule has 0 unspecified atom stereocenters. The highest BCUT2D eigenvalue weighted by Crippen LogP contribution is 2.26. The van der Waals surface area contributed by atoms with Crippen LogP contribution in [0.15, 0.2) is 66.0 Å². The van der Waals surface area contributed by atoms with Gasteiger partial charge in [-0.1, -0.05) is 12.1 Å². The summed E-state index contributed by atoms with van der Waals surface area (Å²) in [7, 11) is -3.80. The van der Waals surface area contributed by atoms with Gasteiger partial charge < -0.3 is 5.11 Å². The van der Waals surface area contributed by atoms with E-state index in [1.54, 1.807) is 24.3 Å². The third-order valence-corrected chi connectivity index (χ3v) is 5.70. The summed E-state index contributed by atoms with van der Waals surface area (Å²) in [6.45, 7) is 1.44. The molecule has 0 atom stereocenters.